The van der Waals surface area contributed by atoms with E-state index < -0.39 is 11.8 Å². The van der Waals surface area contributed by atoms with Crippen molar-refractivity contribution >= 4 is 17.6 Å². The Bertz CT molecular complexity index is 682. The Morgan fingerprint density at radius 2 is 2.21 bits per heavy atom. The number of nitrogens with one attached hydrogen (secondary N) is 1. The fraction of sp³-hybridized carbons (Fsp3) is 0. The minimum Gasteiger partial charge on any atom is -0.478 e. The Balaban J connectivity index is 2.28. The van der Waals surface area contributed by atoms with Crippen LogP contribution in [0.25, 0.3) is 0 Å². The second kappa shape index (κ2) is 5.10. The maximum atomic E-state index is 13.6. The summed E-state index contributed by atoms with van der Waals surface area (Å²) in [6.07, 6.45) is 1.36. The number of carboxylic acids is 1. The number of benzene rings is 1. The smallest absolute Gasteiger partial charge is 0.335 e. The molecule has 0 aliphatic rings. The number of hydrogen-bond donors (Lipinski definition) is 2. The van der Waals surface area contributed by atoms with Crippen LogP contribution in [0.1, 0.15) is 16.1 Å². The van der Waals surface area contributed by atoms with Crippen LogP contribution in [-0.2, 0) is 0 Å². The molecule has 1 aromatic carbocycles. The molecule has 0 unspecified atom stereocenters. The summed E-state index contributed by atoms with van der Waals surface area (Å²) in [6.45, 7) is 0. The number of hydrogen-bond acceptors (Lipinski definition) is 5. The molecule has 2 rings (SSSR count). The average molecular weight is 258 g/mol. The number of carboxylic acid groups (broad SMARTS) is 1. The first-order chi connectivity index (χ1) is 9.10. The number of rotatable bonds is 3. The highest BCUT2D eigenvalue weighted by Crippen LogP contribution is 2.18. The summed E-state index contributed by atoms with van der Waals surface area (Å²) in [4.78, 5) is 18.3. The van der Waals surface area contributed by atoms with Gasteiger partial charge in [-0.25, -0.2) is 19.2 Å². The summed E-state index contributed by atoms with van der Waals surface area (Å²) in [5.74, 6) is -1.90. The van der Waals surface area contributed by atoms with Gasteiger partial charge >= 0.3 is 5.97 Å². The quantitative estimate of drug-likeness (QED) is 0.872. The molecule has 6 nitrogen and oxygen atoms in total. The zero-order chi connectivity index (χ0) is 13.8. The highest BCUT2D eigenvalue weighted by molar-refractivity contribution is 5.88. The zero-order valence-corrected chi connectivity index (χ0v) is 9.46. The third-order valence-electron chi connectivity index (χ3n) is 2.23. The van der Waals surface area contributed by atoms with E-state index in [9.17, 15) is 9.18 Å². The molecule has 0 fully saturated rings. The van der Waals surface area contributed by atoms with Gasteiger partial charge in [-0.1, -0.05) is 0 Å². The van der Waals surface area contributed by atoms with Crippen molar-refractivity contribution in [2.75, 3.05) is 5.32 Å². The normalized spacial score (nSPS) is 9.68. The number of carbonyl (C=O) groups is 1. The first-order valence-corrected chi connectivity index (χ1v) is 5.13. The summed E-state index contributed by atoms with van der Waals surface area (Å²) in [5.41, 5.74) is 0.00916. The number of nitriles is 1. The molecular weight excluding hydrogens is 251 g/mol. The molecule has 0 aliphatic carbocycles. The average Bonchev–Trinajstić information content (AvgIpc) is 2.41. The van der Waals surface area contributed by atoms with E-state index in [2.05, 4.69) is 15.3 Å². The maximum Gasteiger partial charge on any atom is 0.335 e. The van der Waals surface area contributed by atoms with Crippen LogP contribution in [-0.4, -0.2) is 21.0 Å². The summed E-state index contributed by atoms with van der Waals surface area (Å²) in [6, 6.07) is 6.65. The van der Waals surface area contributed by atoms with E-state index in [4.69, 9.17) is 10.4 Å². The lowest BCUT2D eigenvalue weighted by Gasteiger charge is -2.06. The van der Waals surface area contributed by atoms with Crippen LogP contribution in [0.5, 0.6) is 0 Å². The molecular formula is C12H7FN4O2. The Kier molecular flexibility index (Phi) is 3.34. The van der Waals surface area contributed by atoms with E-state index in [-0.39, 0.29) is 22.9 Å². The molecule has 0 amide bonds. The lowest BCUT2D eigenvalue weighted by atomic mass is 10.2. The molecule has 0 atom stereocenters. The van der Waals surface area contributed by atoms with Gasteiger partial charge in [-0.3, -0.25) is 0 Å². The molecule has 0 saturated heterocycles. The van der Waals surface area contributed by atoms with E-state index in [1.807, 2.05) is 6.07 Å². The van der Waals surface area contributed by atoms with Crippen LogP contribution in [0.2, 0.25) is 0 Å². The Hall–Kier alpha value is -3.01. The van der Waals surface area contributed by atoms with Gasteiger partial charge in [0.15, 0.2) is 0 Å². The Morgan fingerprint density at radius 1 is 1.42 bits per heavy atom. The number of anilines is 2. The summed E-state index contributed by atoms with van der Waals surface area (Å²) >= 11 is 0. The van der Waals surface area contributed by atoms with Crippen LogP contribution in [0.15, 0.2) is 30.5 Å². The van der Waals surface area contributed by atoms with Gasteiger partial charge in [0, 0.05) is 6.20 Å². The predicted octanol–water partition coefficient (Wildman–Crippen LogP) is 1.93. The lowest BCUT2D eigenvalue weighted by molar-refractivity contribution is 0.0696. The third-order valence-corrected chi connectivity index (χ3v) is 2.23. The van der Waals surface area contributed by atoms with Crippen LogP contribution in [0, 0.1) is 17.1 Å². The Morgan fingerprint density at radius 3 is 2.84 bits per heavy atom. The van der Waals surface area contributed by atoms with Crippen molar-refractivity contribution in [1.29, 1.82) is 5.26 Å². The van der Waals surface area contributed by atoms with Gasteiger partial charge in [0.1, 0.15) is 17.6 Å². The van der Waals surface area contributed by atoms with E-state index in [0.29, 0.717) is 0 Å². The van der Waals surface area contributed by atoms with Crippen LogP contribution in [0.3, 0.4) is 0 Å². The molecule has 0 bridgehead atoms. The highest BCUT2D eigenvalue weighted by atomic mass is 19.1. The highest BCUT2D eigenvalue weighted by Gasteiger charge is 2.09. The van der Waals surface area contributed by atoms with Crippen molar-refractivity contribution < 1.29 is 14.3 Å². The molecule has 1 aromatic heterocycles. The van der Waals surface area contributed by atoms with Gasteiger partial charge in [0.25, 0.3) is 0 Å². The van der Waals surface area contributed by atoms with Crippen LogP contribution >= 0.6 is 0 Å². The van der Waals surface area contributed by atoms with Crippen molar-refractivity contribution in [3.05, 3.63) is 47.5 Å². The Labute approximate surface area is 107 Å². The molecule has 19 heavy (non-hydrogen) atoms. The molecule has 7 heteroatoms. The monoisotopic (exact) mass is 258 g/mol. The van der Waals surface area contributed by atoms with Crippen LogP contribution < -0.4 is 5.32 Å². The topological polar surface area (TPSA) is 98.9 Å². The molecule has 0 spiro atoms. The van der Waals surface area contributed by atoms with Gasteiger partial charge in [-0.15, -0.1) is 0 Å². The van der Waals surface area contributed by atoms with Gasteiger partial charge < -0.3 is 10.4 Å². The van der Waals surface area contributed by atoms with E-state index >= 15 is 0 Å². The molecule has 2 aromatic rings. The lowest BCUT2D eigenvalue weighted by Crippen LogP contribution is -2.02. The van der Waals surface area contributed by atoms with Gasteiger partial charge in [-0.05, 0) is 24.3 Å². The van der Waals surface area contributed by atoms with Crippen molar-refractivity contribution in [3.8, 4) is 6.07 Å². The molecule has 0 aliphatic heterocycles. The summed E-state index contributed by atoms with van der Waals surface area (Å²) in [5, 5.41) is 20.0. The van der Waals surface area contributed by atoms with E-state index in [1.165, 1.54) is 24.4 Å². The standard InChI is InChI=1S/C12H7FN4O2/c13-9-5-7(11(18)19)1-2-10(9)17-12-15-4-3-8(6-14)16-12/h1-5H,(H,18,19)(H,15,16,17). The largest absolute Gasteiger partial charge is 0.478 e. The van der Waals surface area contributed by atoms with E-state index in [1.54, 1.807) is 0 Å². The van der Waals surface area contributed by atoms with Crippen molar-refractivity contribution in [2.45, 2.75) is 0 Å². The first-order valence-electron chi connectivity index (χ1n) is 5.13. The molecule has 0 saturated carbocycles. The minimum absolute atomic E-state index is 0.0279. The van der Waals surface area contributed by atoms with Crippen molar-refractivity contribution in [2.24, 2.45) is 0 Å². The number of nitrogens with zero attached hydrogens (tertiary/aromatic N) is 3. The number of aromatic carboxylic acids is 1. The fourth-order valence-electron chi connectivity index (χ4n) is 1.35. The van der Waals surface area contributed by atoms with Gasteiger partial charge in [-0.2, -0.15) is 5.26 Å². The first kappa shape index (κ1) is 12.4. The molecule has 0 radical (unpaired) electrons. The van der Waals surface area contributed by atoms with Crippen molar-refractivity contribution in [3.63, 3.8) is 0 Å². The molecule has 1 heterocycles. The minimum atomic E-state index is -1.21. The SMILES string of the molecule is N#Cc1ccnc(Nc2ccc(C(=O)O)cc2F)n1. The van der Waals surface area contributed by atoms with Gasteiger partial charge in [0.05, 0.1) is 11.3 Å². The van der Waals surface area contributed by atoms with Crippen LogP contribution in [0.4, 0.5) is 16.0 Å². The number of aromatic nitrogens is 2. The predicted molar refractivity (Wildman–Crippen MR) is 63.4 cm³/mol. The zero-order valence-electron chi connectivity index (χ0n) is 9.46. The maximum absolute atomic E-state index is 13.6. The molecule has 94 valence electrons. The molecule has 2 N–H and O–H groups in total. The van der Waals surface area contributed by atoms with Crippen molar-refractivity contribution in [1.82, 2.24) is 9.97 Å². The second-order valence-corrected chi connectivity index (χ2v) is 3.50. The number of halogens is 1. The van der Waals surface area contributed by atoms with Gasteiger partial charge in [0.2, 0.25) is 5.95 Å². The fourth-order valence-corrected chi connectivity index (χ4v) is 1.35. The summed E-state index contributed by atoms with van der Waals surface area (Å²) < 4.78 is 13.6. The summed E-state index contributed by atoms with van der Waals surface area (Å²) in [7, 11) is 0. The van der Waals surface area contributed by atoms with E-state index in [0.717, 1.165) is 6.07 Å². The third kappa shape index (κ3) is 2.81. The second-order valence-electron chi connectivity index (χ2n) is 3.50.